The largest absolute Gasteiger partial charge is 0.391 e. The Kier molecular flexibility index (Phi) is 3.41. The van der Waals surface area contributed by atoms with E-state index in [2.05, 4.69) is 20.9 Å². The molecule has 0 radical (unpaired) electrons. The molecule has 2 rings (SSSR count). The van der Waals surface area contributed by atoms with Gasteiger partial charge in [-0.3, -0.25) is 0 Å². The molecule has 0 unspecified atom stereocenters. The second-order valence-electron chi connectivity index (χ2n) is 2.90. The fourth-order valence-electron chi connectivity index (χ4n) is 1.18. The van der Waals surface area contributed by atoms with Crippen LogP contribution in [0.25, 0.3) is 10.6 Å². The Morgan fingerprint density at radius 1 is 1.47 bits per heavy atom. The van der Waals surface area contributed by atoms with E-state index in [0.29, 0.717) is 10.0 Å². The molecule has 1 aromatic heterocycles. The van der Waals surface area contributed by atoms with Gasteiger partial charge in [0.1, 0.15) is 10.2 Å². The highest BCUT2D eigenvalue weighted by Gasteiger charge is 2.09. The predicted molar refractivity (Wildman–Crippen MR) is 66.2 cm³/mol. The van der Waals surface area contributed by atoms with Crippen LogP contribution < -0.4 is 0 Å². The van der Waals surface area contributed by atoms with Crippen LogP contribution in [-0.4, -0.2) is 10.1 Å². The molecular formula is C10H7BrClNOS. The summed E-state index contributed by atoms with van der Waals surface area (Å²) in [6.07, 6.45) is 0. The van der Waals surface area contributed by atoms with Gasteiger partial charge in [-0.2, -0.15) is 0 Å². The van der Waals surface area contributed by atoms with E-state index in [1.54, 1.807) is 0 Å². The molecule has 0 fully saturated rings. The number of aromatic nitrogens is 1. The number of nitrogens with zero attached hydrogens (tertiary/aromatic N) is 1. The molecular weight excluding hydrogens is 298 g/mol. The summed E-state index contributed by atoms with van der Waals surface area (Å²) in [7, 11) is 0. The first kappa shape index (κ1) is 11.1. The Balaban J connectivity index is 2.45. The fraction of sp³-hybridized carbons (Fsp3) is 0.100. The highest BCUT2D eigenvalue weighted by atomic mass is 79.9. The lowest BCUT2D eigenvalue weighted by molar-refractivity contribution is 0.285. The summed E-state index contributed by atoms with van der Waals surface area (Å²) in [5.41, 5.74) is 0.996. The monoisotopic (exact) mass is 303 g/mol. The lowest BCUT2D eigenvalue weighted by atomic mass is 10.2. The molecule has 0 aliphatic rings. The Hall–Kier alpha value is -0.420. The standard InChI is InChI=1S/C10H7BrClNOS/c11-7-3-1-2-6(4-7)10-13-9(12)8(5-14)15-10/h1-4,14H,5H2. The zero-order chi connectivity index (χ0) is 10.8. The predicted octanol–water partition coefficient (Wildman–Crippen LogP) is 3.72. The zero-order valence-electron chi connectivity index (χ0n) is 7.58. The maximum Gasteiger partial charge on any atom is 0.146 e. The Morgan fingerprint density at radius 2 is 2.27 bits per heavy atom. The van der Waals surface area contributed by atoms with Crippen LogP contribution in [0.4, 0.5) is 0 Å². The molecule has 0 amide bonds. The van der Waals surface area contributed by atoms with Gasteiger partial charge in [-0.05, 0) is 12.1 Å². The number of halogens is 2. The van der Waals surface area contributed by atoms with Crippen molar-refractivity contribution in [2.45, 2.75) is 6.61 Å². The van der Waals surface area contributed by atoms with Crippen molar-refractivity contribution in [1.82, 2.24) is 4.98 Å². The van der Waals surface area contributed by atoms with Crippen LogP contribution >= 0.6 is 38.9 Å². The molecule has 0 atom stereocenters. The molecule has 15 heavy (non-hydrogen) atoms. The third-order valence-electron chi connectivity index (χ3n) is 1.86. The van der Waals surface area contributed by atoms with Gasteiger partial charge in [-0.1, -0.05) is 39.7 Å². The third kappa shape index (κ3) is 2.39. The van der Waals surface area contributed by atoms with Gasteiger partial charge in [0.2, 0.25) is 0 Å². The van der Waals surface area contributed by atoms with Crippen molar-refractivity contribution < 1.29 is 5.11 Å². The summed E-state index contributed by atoms with van der Waals surface area (Å²) in [4.78, 5) is 4.90. The molecule has 78 valence electrons. The summed E-state index contributed by atoms with van der Waals surface area (Å²) in [5, 5.41) is 10.2. The van der Waals surface area contributed by atoms with Crippen LogP contribution in [0.15, 0.2) is 28.7 Å². The number of thiazole rings is 1. The highest BCUT2D eigenvalue weighted by Crippen LogP contribution is 2.31. The van der Waals surface area contributed by atoms with E-state index in [0.717, 1.165) is 15.0 Å². The summed E-state index contributed by atoms with van der Waals surface area (Å²) in [5.74, 6) is 0. The summed E-state index contributed by atoms with van der Waals surface area (Å²) < 4.78 is 0.997. The number of benzene rings is 1. The molecule has 2 aromatic rings. The molecule has 0 saturated heterocycles. The number of aliphatic hydroxyl groups excluding tert-OH is 1. The van der Waals surface area contributed by atoms with Crippen molar-refractivity contribution in [3.05, 3.63) is 38.8 Å². The van der Waals surface area contributed by atoms with Crippen LogP contribution in [0.3, 0.4) is 0 Å². The normalized spacial score (nSPS) is 10.6. The minimum absolute atomic E-state index is 0.0650. The van der Waals surface area contributed by atoms with Crippen LogP contribution in [0.1, 0.15) is 4.88 Å². The molecule has 0 spiro atoms. The Labute approximate surface area is 105 Å². The third-order valence-corrected chi connectivity index (χ3v) is 3.87. The zero-order valence-corrected chi connectivity index (χ0v) is 10.7. The Morgan fingerprint density at radius 3 is 2.87 bits per heavy atom. The van der Waals surface area contributed by atoms with Gasteiger partial charge < -0.3 is 5.11 Å². The number of aliphatic hydroxyl groups is 1. The lowest BCUT2D eigenvalue weighted by Gasteiger charge is -1.95. The van der Waals surface area contributed by atoms with Crippen LogP contribution in [0.2, 0.25) is 5.15 Å². The first-order valence-electron chi connectivity index (χ1n) is 4.22. The Bertz CT molecular complexity index is 486. The van der Waals surface area contributed by atoms with Gasteiger partial charge in [-0.25, -0.2) is 4.98 Å². The molecule has 5 heteroatoms. The molecule has 0 bridgehead atoms. The van der Waals surface area contributed by atoms with Crippen molar-refractivity contribution in [3.8, 4) is 10.6 Å². The second kappa shape index (κ2) is 4.61. The summed E-state index contributed by atoms with van der Waals surface area (Å²) in [6.45, 7) is -0.0650. The van der Waals surface area contributed by atoms with Gasteiger partial charge in [0.25, 0.3) is 0 Å². The number of hydrogen-bond donors (Lipinski definition) is 1. The van der Waals surface area contributed by atoms with E-state index in [1.165, 1.54) is 11.3 Å². The van der Waals surface area contributed by atoms with Crippen LogP contribution in [-0.2, 0) is 6.61 Å². The number of hydrogen-bond acceptors (Lipinski definition) is 3. The van der Waals surface area contributed by atoms with Crippen molar-refractivity contribution in [1.29, 1.82) is 0 Å². The molecule has 1 heterocycles. The van der Waals surface area contributed by atoms with E-state index in [1.807, 2.05) is 24.3 Å². The maximum absolute atomic E-state index is 9.01. The molecule has 2 nitrogen and oxygen atoms in total. The first-order valence-corrected chi connectivity index (χ1v) is 6.21. The van der Waals surface area contributed by atoms with E-state index >= 15 is 0 Å². The quantitative estimate of drug-likeness (QED) is 0.917. The lowest BCUT2D eigenvalue weighted by Crippen LogP contribution is -1.76. The first-order chi connectivity index (χ1) is 7.20. The van der Waals surface area contributed by atoms with E-state index in [4.69, 9.17) is 16.7 Å². The van der Waals surface area contributed by atoms with Crippen LogP contribution in [0, 0.1) is 0 Å². The van der Waals surface area contributed by atoms with Gasteiger partial charge in [0.15, 0.2) is 0 Å². The summed E-state index contributed by atoms with van der Waals surface area (Å²) in [6, 6.07) is 7.82. The molecule has 0 aliphatic heterocycles. The van der Waals surface area contributed by atoms with Crippen molar-refractivity contribution in [2.24, 2.45) is 0 Å². The van der Waals surface area contributed by atoms with Gasteiger partial charge in [-0.15, -0.1) is 11.3 Å². The van der Waals surface area contributed by atoms with E-state index in [-0.39, 0.29) is 6.61 Å². The number of rotatable bonds is 2. The topological polar surface area (TPSA) is 33.1 Å². The molecule has 1 N–H and O–H groups in total. The van der Waals surface area contributed by atoms with Gasteiger partial charge in [0, 0.05) is 10.0 Å². The van der Waals surface area contributed by atoms with Gasteiger partial charge in [0.05, 0.1) is 11.5 Å². The maximum atomic E-state index is 9.01. The SMILES string of the molecule is OCc1sc(-c2cccc(Br)c2)nc1Cl. The minimum atomic E-state index is -0.0650. The van der Waals surface area contributed by atoms with Crippen molar-refractivity contribution in [3.63, 3.8) is 0 Å². The average molecular weight is 305 g/mol. The van der Waals surface area contributed by atoms with Crippen molar-refractivity contribution in [2.75, 3.05) is 0 Å². The average Bonchev–Trinajstić information content (AvgIpc) is 2.60. The highest BCUT2D eigenvalue weighted by molar-refractivity contribution is 9.10. The summed E-state index contributed by atoms with van der Waals surface area (Å²) >= 11 is 10.7. The van der Waals surface area contributed by atoms with E-state index in [9.17, 15) is 0 Å². The van der Waals surface area contributed by atoms with Crippen molar-refractivity contribution >= 4 is 38.9 Å². The fourth-order valence-corrected chi connectivity index (χ4v) is 2.69. The minimum Gasteiger partial charge on any atom is -0.391 e. The second-order valence-corrected chi connectivity index (χ2v) is 5.26. The van der Waals surface area contributed by atoms with E-state index < -0.39 is 0 Å². The van der Waals surface area contributed by atoms with Crippen LogP contribution in [0.5, 0.6) is 0 Å². The van der Waals surface area contributed by atoms with Gasteiger partial charge >= 0.3 is 0 Å². The smallest absolute Gasteiger partial charge is 0.146 e. The molecule has 1 aromatic carbocycles. The molecule has 0 saturated carbocycles. The molecule has 0 aliphatic carbocycles.